The summed E-state index contributed by atoms with van der Waals surface area (Å²) in [6, 6.07) is 8.22. The lowest BCUT2D eigenvalue weighted by Gasteiger charge is -2.19. The molecule has 2 aromatic rings. The molecule has 5 nitrogen and oxygen atoms in total. The van der Waals surface area contributed by atoms with Gasteiger partial charge in [0.1, 0.15) is 0 Å². The number of benzene rings is 2. The first-order valence-electron chi connectivity index (χ1n) is 8.26. The zero-order valence-corrected chi connectivity index (χ0v) is 17.0. The number of amides is 1. The van der Waals surface area contributed by atoms with Crippen LogP contribution in [0.25, 0.3) is 6.08 Å². The highest BCUT2D eigenvalue weighted by Crippen LogP contribution is 2.31. The maximum Gasteiger partial charge on any atom is 0.256 e. The van der Waals surface area contributed by atoms with Gasteiger partial charge in [0.25, 0.3) is 5.91 Å². The molecule has 2 aromatic carbocycles. The van der Waals surface area contributed by atoms with Gasteiger partial charge in [0.05, 0.1) is 11.4 Å². The summed E-state index contributed by atoms with van der Waals surface area (Å²) >= 11 is 12.3. The first-order valence-corrected chi connectivity index (χ1v) is 10.6. The summed E-state index contributed by atoms with van der Waals surface area (Å²) in [5.74, 6) is -0.308. The Hall–Kier alpha value is -2.02. The van der Waals surface area contributed by atoms with Crippen molar-refractivity contribution in [1.29, 1.82) is 0 Å². The lowest BCUT2D eigenvalue weighted by atomic mass is 10.1. The van der Waals surface area contributed by atoms with Gasteiger partial charge in [-0.15, -0.1) is 0 Å². The number of carbonyl (C=O) groups is 1. The van der Waals surface area contributed by atoms with Gasteiger partial charge >= 0.3 is 0 Å². The largest absolute Gasteiger partial charge is 0.322 e. The third-order valence-electron chi connectivity index (χ3n) is 4.37. The van der Waals surface area contributed by atoms with Crippen LogP contribution >= 0.6 is 23.2 Å². The van der Waals surface area contributed by atoms with Crippen molar-refractivity contribution in [2.75, 3.05) is 21.9 Å². The zero-order chi connectivity index (χ0) is 19.8. The van der Waals surface area contributed by atoms with E-state index in [0.29, 0.717) is 45.5 Å². The van der Waals surface area contributed by atoms with Gasteiger partial charge in [-0.25, -0.2) is 8.42 Å². The maximum atomic E-state index is 12.8. The molecule has 3 rings (SSSR count). The third kappa shape index (κ3) is 4.13. The fourth-order valence-corrected chi connectivity index (χ4v) is 4.98. The molecule has 0 bridgehead atoms. The highest BCUT2D eigenvalue weighted by atomic mass is 35.5. The van der Waals surface area contributed by atoms with Gasteiger partial charge in [-0.3, -0.25) is 9.10 Å². The summed E-state index contributed by atoms with van der Waals surface area (Å²) < 4.78 is 25.7. The summed E-state index contributed by atoms with van der Waals surface area (Å²) in [6.45, 7) is 5.78. The molecule has 1 saturated heterocycles. The van der Waals surface area contributed by atoms with Crippen LogP contribution in [0, 0.1) is 6.92 Å². The average Bonchev–Trinajstić information content (AvgIpc) is 2.95. The Balaban J connectivity index is 1.97. The fourth-order valence-electron chi connectivity index (χ4n) is 2.97. The minimum Gasteiger partial charge on any atom is -0.322 e. The topological polar surface area (TPSA) is 66.5 Å². The van der Waals surface area contributed by atoms with Crippen molar-refractivity contribution < 1.29 is 13.2 Å². The smallest absolute Gasteiger partial charge is 0.256 e. The van der Waals surface area contributed by atoms with Gasteiger partial charge in [0.2, 0.25) is 10.0 Å². The molecule has 1 fully saturated rings. The Labute approximate surface area is 168 Å². The Morgan fingerprint density at radius 1 is 1.22 bits per heavy atom. The molecular formula is C19H18Cl2N2O3S. The fraction of sp³-hybridized carbons (Fsp3) is 0.211. The van der Waals surface area contributed by atoms with E-state index in [0.717, 1.165) is 5.56 Å². The second-order valence-electron chi connectivity index (χ2n) is 6.27. The molecule has 1 amide bonds. The summed E-state index contributed by atoms with van der Waals surface area (Å²) in [5.41, 5.74) is 2.55. The van der Waals surface area contributed by atoms with Crippen molar-refractivity contribution in [3.63, 3.8) is 0 Å². The number of nitrogens with one attached hydrogen (secondary N) is 1. The van der Waals surface area contributed by atoms with Crippen LogP contribution in [0.3, 0.4) is 0 Å². The molecule has 0 spiro atoms. The SMILES string of the molecule is C=Cc1cc(Cl)cc(NC(=O)c2cc(N3CCCS3(=O)=O)cc(Cl)c2C)c1. The highest BCUT2D eigenvalue weighted by molar-refractivity contribution is 7.93. The summed E-state index contributed by atoms with van der Waals surface area (Å²) in [5, 5.41) is 3.58. The monoisotopic (exact) mass is 424 g/mol. The van der Waals surface area contributed by atoms with E-state index in [-0.39, 0.29) is 5.75 Å². The molecule has 1 aliphatic heterocycles. The van der Waals surface area contributed by atoms with Crippen LogP contribution in [0.2, 0.25) is 10.0 Å². The van der Waals surface area contributed by atoms with Gasteiger partial charge < -0.3 is 5.32 Å². The molecule has 0 radical (unpaired) electrons. The molecule has 0 saturated carbocycles. The van der Waals surface area contributed by atoms with Crippen LogP contribution < -0.4 is 9.62 Å². The van der Waals surface area contributed by atoms with Crippen LogP contribution in [0.1, 0.15) is 27.9 Å². The van der Waals surface area contributed by atoms with E-state index in [1.54, 1.807) is 43.3 Å². The van der Waals surface area contributed by atoms with Gasteiger partial charge in [-0.2, -0.15) is 0 Å². The van der Waals surface area contributed by atoms with Crippen LogP contribution in [0.5, 0.6) is 0 Å². The van der Waals surface area contributed by atoms with Crippen molar-refractivity contribution in [2.24, 2.45) is 0 Å². The number of hydrogen-bond acceptors (Lipinski definition) is 3. The highest BCUT2D eigenvalue weighted by Gasteiger charge is 2.29. The quantitative estimate of drug-likeness (QED) is 0.770. The molecule has 8 heteroatoms. The van der Waals surface area contributed by atoms with E-state index in [1.807, 2.05) is 0 Å². The molecule has 27 heavy (non-hydrogen) atoms. The minimum atomic E-state index is -3.37. The van der Waals surface area contributed by atoms with E-state index in [4.69, 9.17) is 23.2 Å². The molecule has 0 atom stereocenters. The summed E-state index contributed by atoms with van der Waals surface area (Å²) in [7, 11) is -3.37. The van der Waals surface area contributed by atoms with E-state index < -0.39 is 15.9 Å². The molecule has 0 aliphatic carbocycles. The third-order valence-corrected chi connectivity index (χ3v) is 6.85. The Morgan fingerprint density at radius 3 is 2.59 bits per heavy atom. The molecule has 142 valence electrons. The lowest BCUT2D eigenvalue weighted by Crippen LogP contribution is -2.26. The minimum absolute atomic E-state index is 0.0901. The molecular weight excluding hydrogens is 407 g/mol. The average molecular weight is 425 g/mol. The summed E-state index contributed by atoms with van der Waals surface area (Å²) in [6.07, 6.45) is 2.17. The maximum absolute atomic E-state index is 12.8. The molecule has 1 N–H and O–H groups in total. The number of carbonyl (C=O) groups excluding carboxylic acids is 1. The van der Waals surface area contributed by atoms with Crippen LogP contribution in [0.4, 0.5) is 11.4 Å². The van der Waals surface area contributed by atoms with E-state index in [1.165, 1.54) is 4.31 Å². The number of rotatable bonds is 4. The van der Waals surface area contributed by atoms with Crippen LogP contribution in [-0.4, -0.2) is 26.6 Å². The van der Waals surface area contributed by atoms with Crippen molar-refractivity contribution in [2.45, 2.75) is 13.3 Å². The number of nitrogens with zero attached hydrogens (tertiary/aromatic N) is 1. The summed E-state index contributed by atoms with van der Waals surface area (Å²) in [4.78, 5) is 12.8. The Bertz CT molecular complexity index is 1040. The van der Waals surface area contributed by atoms with Crippen molar-refractivity contribution in [1.82, 2.24) is 0 Å². The van der Waals surface area contributed by atoms with E-state index in [9.17, 15) is 13.2 Å². The van der Waals surface area contributed by atoms with E-state index >= 15 is 0 Å². The number of anilines is 2. The molecule has 1 heterocycles. The molecule has 1 aliphatic rings. The number of halogens is 2. The number of hydrogen-bond donors (Lipinski definition) is 1. The predicted octanol–water partition coefficient (Wildman–Crippen LogP) is 4.74. The van der Waals surface area contributed by atoms with Crippen LogP contribution in [-0.2, 0) is 10.0 Å². The second-order valence-corrected chi connectivity index (χ2v) is 9.13. The van der Waals surface area contributed by atoms with Crippen molar-refractivity contribution >= 4 is 56.6 Å². The van der Waals surface area contributed by atoms with Crippen molar-refractivity contribution in [3.05, 3.63) is 63.6 Å². The Kier molecular flexibility index (Phi) is 5.51. The first-order chi connectivity index (χ1) is 12.7. The van der Waals surface area contributed by atoms with Gasteiger partial charge in [0.15, 0.2) is 0 Å². The Morgan fingerprint density at radius 2 is 1.96 bits per heavy atom. The zero-order valence-electron chi connectivity index (χ0n) is 14.6. The molecule has 0 aromatic heterocycles. The van der Waals surface area contributed by atoms with Gasteiger partial charge in [-0.05, 0) is 54.8 Å². The van der Waals surface area contributed by atoms with E-state index in [2.05, 4.69) is 11.9 Å². The molecule has 0 unspecified atom stereocenters. The van der Waals surface area contributed by atoms with Crippen LogP contribution in [0.15, 0.2) is 36.9 Å². The first kappa shape index (κ1) is 19.7. The lowest BCUT2D eigenvalue weighted by molar-refractivity contribution is 0.102. The number of sulfonamides is 1. The predicted molar refractivity (Wildman–Crippen MR) is 111 cm³/mol. The normalized spacial score (nSPS) is 15.6. The second kappa shape index (κ2) is 7.54. The standard InChI is InChI=1S/C19H18Cl2N2O3S/c1-3-13-7-14(20)9-15(8-13)22-19(24)17-10-16(11-18(21)12(17)2)23-5-4-6-27(23,25)26/h3,7-11H,1,4-6H2,2H3,(H,22,24). The van der Waals surface area contributed by atoms with Gasteiger partial charge in [-0.1, -0.05) is 35.9 Å². The van der Waals surface area contributed by atoms with Crippen molar-refractivity contribution in [3.8, 4) is 0 Å². The van der Waals surface area contributed by atoms with Gasteiger partial charge in [0, 0.05) is 27.8 Å².